The lowest BCUT2D eigenvalue weighted by Crippen LogP contribution is -2.04. The molecule has 0 aliphatic rings. The Labute approximate surface area is 141 Å². The van der Waals surface area contributed by atoms with Crippen LogP contribution in [0.2, 0.25) is 10.0 Å². The van der Waals surface area contributed by atoms with Gasteiger partial charge < -0.3 is 4.74 Å². The number of nitrogens with zero attached hydrogens (tertiary/aromatic N) is 1. The number of aromatic nitrogens is 1. The van der Waals surface area contributed by atoms with Crippen LogP contribution in [0.5, 0.6) is 0 Å². The lowest BCUT2D eigenvalue weighted by Gasteiger charge is -2.00. The second-order valence-corrected chi connectivity index (χ2v) is 7.00. The standard InChI is InChI=1S/C14H13Cl2NO2S2/c1-19-14(18)8-20-5-4-13-17-12(7-21-13)9-2-3-10(15)11(16)6-9/h2-3,6-7H,4-5,8H2,1H3. The minimum Gasteiger partial charge on any atom is -0.468 e. The summed E-state index contributed by atoms with van der Waals surface area (Å²) in [7, 11) is 1.40. The first-order chi connectivity index (χ1) is 10.1. The molecule has 0 amide bonds. The van der Waals surface area contributed by atoms with Crippen molar-refractivity contribution in [1.82, 2.24) is 4.98 Å². The molecule has 1 aromatic heterocycles. The molecule has 0 radical (unpaired) electrons. The molecule has 21 heavy (non-hydrogen) atoms. The van der Waals surface area contributed by atoms with Crippen molar-refractivity contribution in [2.45, 2.75) is 6.42 Å². The predicted octanol–water partition coefficient (Wildman–Crippen LogP) is 4.57. The number of ether oxygens (including phenoxy) is 1. The second kappa shape index (κ2) is 8.03. The van der Waals surface area contributed by atoms with E-state index in [0.717, 1.165) is 28.4 Å². The first-order valence-electron chi connectivity index (χ1n) is 6.14. The molecule has 0 atom stereocenters. The Bertz CT molecular complexity index is 631. The van der Waals surface area contributed by atoms with Gasteiger partial charge in [0.1, 0.15) is 0 Å². The molecule has 0 saturated carbocycles. The largest absolute Gasteiger partial charge is 0.468 e. The molecule has 2 aromatic rings. The average molecular weight is 362 g/mol. The summed E-state index contributed by atoms with van der Waals surface area (Å²) in [5.74, 6) is 1.01. The summed E-state index contributed by atoms with van der Waals surface area (Å²) in [6.07, 6.45) is 0.827. The lowest BCUT2D eigenvalue weighted by molar-refractivity contribution is -0.137. The normalized spacial score (nSPS) is 10.6. The first-order valence-corrected chi connectivity index (χ1v) is 8.93. The number of methoxy groups -OCH3 is 1. The Morgan fingerprint density at radius 2 is 2.19 bits per heavy atom. The van der Waals surface area contributed by atoms with Gasteiger partial charge in [-0.25, -0.2) is 4.98 Å². The van der Waals surface area contributed by atoms with Gasteiger partial charge in [-0.2, -0.15) is 0 Å². The van der Waals surface area contributed by atoms with Gasteiger partial charge in [0, 0.05) is 23.1 Å². The molecule has 0 spiro atoms. The van der Waals surface area contributed by atoms with Gasteiger partial charge in [0.25, 0.3) is 0 Å². The molecule has 3 nitrogen and oxygen atoms in total. The van der Waals surface area contributed by atoms with Crippen LogP contribution >= 0.6 is 46.3 Å². The maximum Gasteiger partial charge on any atom is 0.315 e. The quantitative estimate of drug-likeness (QED) is 0.558. The Morgan fingerprint density at radius 3 is 2.90 bits per heavy atom. The molecule has 1 heterocycles. The van der Waals surface area contributed by atoms with Crippen LogP contribution in [-0.2, 0) is 16.0 Å². The van der Waals surface area contributed by atoms with Crippen LogP contribution < -0.4 is 0 Å². The van der Waals surface area contributed by atoms with E-state index in [1.165, 1.54) is 7.11 Å². The molecular weight excluding hydrogens is 349 g/mol. The molecule has 112 valence electrons. The number of esters is 1. The van der Waals surface area contributed by atoms with Gasteiger partial charge in [-0.1, -0.05) is 29.3 Å². The van der Waals surface area contributed by atoms with E-state index in [1.54, 1.807) is 29.2 Å². The number of thiazole rings is 1. The fraction of sp³-hybridized carbons (Fsp3) is 0.286. The Morgan fingerprint density at radius 1 is 1.38 bits per heavy atom. The maximum absolute atomic E-state index is 11.0. The number of halogens is 2. The SMILES string of the molecule is COC(=O)CSCCc1nc(-c2ccc(Cl)c(Cl)c2)cs1. The van der Waals surface area contributed by atoms with Crippen LogP contribution in [0.4, 0.5) is 0 Å². The van der Waals surface area contributed by atoms with Gasteiger partial charge in [-0.3, -0.25) is 4.79 Å². The number of hydrogen-bond donors (Lipinski definition) is 0. The molecule has 2 rings (SSSR count). The van der Waals surface area contributed by atoms with Gasteiger partial charge in [-0.05, 0) is 12.1 Å². The van der Waals surface area contributed by atoms with Crippen molar-refractivity contribution in [3.63, 3.8) is 0 Å². The van der Waals surface area contributed by atoms with Crippen molar-refractivity contribution in [1.29, 1.82) is 0 Å². The molecular formula is C14H13Cl2NO2S2. The summed E-state index contributed by atoms with van der Waals surface area (Å²) in [6.45, 7) is 0. The highest BCUT2D eigenvalue weighted by molar-refractivity contribution is 7.99. The van der Waals surface area contributed by atoms with Gasteiger partial charge >= 0.3 is 5.97 Å². The number of thioether (sulfide) groups is 1. The van der Waals surface area contributed by atoms with Crippen molar-refractivity contribution in [3.05, 3.63) is 38.6 Å². The Balaban J connectivity index is 1.92. The van der Waals surface area contributed by atoms with Crippen LogP contribution in [0, 0.1) is 0 Å². The number of aryl methyl sites for hydroxylation is 1. The molecule has 0 unspecified atom stereocenters. The van der Waals surface area contributed by atoms with Crippen molar-refractivity contribution < 1.29 is 9.53 Å². The number of rotatable bonds is 6. The highest BCUT2D eigenvalue weighted by Crippen LogP contribution is 2.29. The molecule has 0 aliphatic heterocycles. The minimum atomic E-state index is -0.198. The van der Waals surface area contributed by atoms with Gasteiger partial charge in [0.15, 0.2) is 0 Å². The van der Waals surface area contributed by atoms with Crippen LogP contribution in [0.15, 0.2) is 23.6 Å². The van der Waals surface area contributed by atoms with Gasteiger partial charge in [-0.15, -0.1) is 23.1 Å². The van der Waals surface area contributed by atoms with Gasteiger partial charge in [0.05, 0.1) is 33.6 Å². The minimum absolute atomic E-state index is 0.198. The predicted molar refractivity (Wildman–Crippen MR) is 90.6 cm³/mol. The zero-order chi connectivity index (χ0) is 15.2. The number of carbonyl (C=O) groups is 1. The van der Waals surface area contributed by atoms with E-state index in [-0.39, 0.29) is 5.97 Å². The topological polar surface area (TPSA) is 39.2 Å². The third-order valence-electron chi connectivity index (χ3n) is 2.67. The van der Waals surface area contributed by atoms with Crippen molar-refractivity contribution in [2.24, 2.45) is 0 Å². The molecule has 7 heteroatoms. The lowest BCUT2D eigenvalue weighted by atomic mass is 10.2. The summed E-state index contributed by atoms with van der Waals surface area (Å²) in [4.78, 5) is 15.6. The third-order valence-corrected chi connectivity index (χ3v) is 5.26. The summed E-state index contributed by atoms with van der Waals surface area (Å²) in [5.41, 5.74) is 1.85. The highest BCUT2D eigenvalue weighted by Gasteiger charge is 2.07. The van der Waals surface area contributed by atoms with Crippen LogP contribution in [0.25, 0.3) is 11.3 Å². The van der Waals surface area contributed by atoms with E-state index in [0.29, 0.717) is 15.8 Å². The number of hydrogen-bond acceptors (Lipinski definition) is 5. The molecule has 0 bridgehead atoms. The van der Waals surface area contributed by atoms with E-state index in [4.69, 9.17) is 23.2 Å². The Kier molecular flexibility index (Phi) is 6.36. The third kappa shape index (κ3) is 4.88. The zero-order valence-electron chi connectivity index (χ0n) is 11.3. The molecule has 0 fully saturated rings. The summed E-state index contributed by atoms with van der Waals surface area (Å²) < 4.78 is 4.59. The van der Waals surface area contributed by atoms with E-state index < -0.39 is 0 Å². The highest BCUT2D eigenvalue weighted by atomic mass is 35.5. The molecule has 0 N–H and O–H groups in total. The fourth-order valence-corrected chi connectivity index (χ4v) is 3.59. The number of benzene rings is 1. The Hall–Kier alpha value is -0.750. The van der Waals surface area contributed by atoms with Crippen molar-refractivity contribution >= 4 is 52.3 Å². The summed E-state index contributed by atoms with van der Waals surface area (Å²) >= 11 is 15.1. The van der Waals surface area contributed by atoms with Gasteiger partial charge in [0.2, 0.25) is 0 Å². The van der Waals surface area contributed by atoms with Crippen LogP contribution in [0.1, 0.15) is 5.01 Å². The van der Waals surface area contributed by atoms with E-state index in [2.05, 4.69) is 9.72 Å². The van der Waals surface area contributed by atoms with E-state index in [9.17, 15) is 4.79 Å². The van der Waals surface area contributed by atoms with E-state index in [1.807, 2.05) is 17.5 Å². The molecule has 0 saturated heterocycles. The average Bonchev–Trinajstić information content (AvgIpc) is 2.95. The van der Waals surface area contributed by atoms with Crippen LogP contribution in [-0.4, -0.2) is 29.6 Å². The molecule has 1 aromatic carbocycles. The van der Waals surface area contributed by atoms with E-state index >= 15 is 0 Å². The van der Waals surface area contributed by atoms with Crippen LogP contribution in [0.3, 0.4) is 0 Å². The van der Waals surface area contributed by atoms with Crippen molar-refractivity contribution in [3.8, 4) is 11.3 Å². The summed E-state index contributed by atoms with van der Waals surface area (Å²) in [6, 6.07) is 5.48. The second-order valence-electron chi connectivity index (χ2n) is 4.13. The monoisotopic (exact) mass is 361 g/mol. The fourth-order valence-electron chi connectivity index (χ4n) is 1.59. The van der Waals surface area contributed by atoms with Crippen molar-refractivity contribution in [2.75, 3.05) is 18.6 Å². The zero-order valence-corrected chi connectivity index (χ0v) is 14.4. The smallest absolute Gasteiger partial charge is 0.315 e. The summed E-state index contributed by atoms with van der Waals surface area (Å²) in [5, 5.41) is 4.10. The first kappa shape index (κ1) is 16.6. The number of carbonyl (C=O) groups excluding carboxylic acids is 1. The maximum atomic E-state index is 11.0. The molecule has 0 aliphatic carbocycles.